The van der Waals surface area contributed by atoms with Crippen LogP contribution in [-0.4, -0.2) is 33.8 Å². The van der Waals surface area contributed by atoms with Crippen molar-refractivity contribution in [1.82, 2.24) is 25.4 Å². The predicted octanol–water partition coefficient (Wildman–Crippen LogP) is 2.82. The van der Waals surface area contributed by atoms with E-state index in [-0.39, 0.29) is 0 Å². The van der Waals surface area contributed by atoms with Gasteiger partial charge >= 0.3 is 0 Å². The van der Waals surface area contributed by atoms with Crippen LogP contribution in [0.5, 0.6) is 0 Å². The average molecular weight is 342 g/mol. The molecule has 2 N–H and O–H groups in total. The van der Waals surface area contributed by atoms with Crippen LogP contribution in [0.3, 0.4) is 0 Å². The molecule has 0 saturated heterocycles. The van der Waals surface area contributed by atoms with Gasteiger partial charge < -0.3 is 10.6 Å². The lowest BCUT2D eigenvalue weighted by Gasteiger charge is -2.16. The molecule has 0 aliphatic carbocycles. The maximum Gasteiger partial charge on any atom is 0.191 e. The Morgan fingerprint density at radius 3 is 2.64 bits per heavy atom. The molecule has 136 valence electrons. The highest BCUT2D eigenvalue weighted by Gasteiger charge is 2.05. The van der Waals surface area contributed by atoms with Crippen LogP contribution in [0, 0.1) is 5.92 Å². The third-order valence-electron chi connectivity index (χ3n) is 4.28. The van der Waals surface area contributed by atoms with E-state index in [1.165, 1.54) is 24.0 Å². The number of guanidine groups is 1. The highest BCUT2D eigenvalue weighted by Crippen LogP contribution is 2.08. The largest absolute Gasteiger partial charge is 0.357 e. The Bertz CT molecular complexity index is 631. The van der Waals surface area contributed by atoms with Gasteiger partial charge in [-0.1, -0.05) is 51.0 Å². The number of aromatic nitrogens is 3. The fourth-order valence-corrected chi connectivity index (χ4v) is 2.66. The zero-order chi connectivity index (χ0) is 17.9. The molecule has 0 atom stereocenters. The molecule has 0 aliphatic heterocycles. The molecule has 25 heavy (non-hydrogen) atoms. The fraction of sp³-hybridized carbons (Fsp3) is 0.526. The topological polar surface area (TPSA) is 67.1 Å². The molecule has 1 heterocycles. The van der Waals surface area contributed by atoms with Crippen LogP contribution in [0.15, 0.2) is 41.9 Å². The van der Waals surface area contributed by atoms with E-state index >= 15 is 0 Å². The minimum absolute atomic E-state index is 0.656. The Morgan fingerprint density at radius 2 is 1.96 bits per heavy atom. The summed E-state index contributed by atoms with van der Waals surface area (Å²) in [5.41, 5.74) is 2.39. The Labute approximate surface area is 150 Å². The van der Waals surface area contributed by atoms with E-state index in [4.69, 9.17) is 4.99 Å². The third-order valence-corrected chi connectivity index (χ3v) is 4.28. The highest BCUT2D eigenvalue weighted by atomic mass is 15.3. The highest BCUT2D eigenvalue weighted by molar-refractivity contribution is 5.79. The van der Waals surface area contributed by atoms with Gasteiger partial charge in [0.05, 0.1) is 13.1 Å². The molecule has 6 heteroatoms. The molecule has 0 amide bonds. The van der Waals surface area contributed by atoms with E-state index in [9.17, 15) is 0 Å². The Hall–Kier alpha value is -2.37. The summed E-state index contributed by atoms with van der Waals surface area (Å²) < 4.78 is 1.82. The molecule has 1 aromatic heterocycles. The summed E-state index contributed by atoms with van der Waals surface area (Å²) in [5.74, 6) is 1.57. The van der Waals surface area contributed by atoms with Crippen molar-refractivity contribution in [3.8, 4) is 0 Å². The third kappa shape index (κ3) is 6.57. The van der Waals surface area contributed by atoms with Gasteiger partial charge in [-0.25, -0.2) is 14.7 Å². The molecular weight excluding hydrogens is 312 g/mol. The van der Waals surface area contributed by atoms with E-state index < -0.39 is 0 Å². The lowest BCUT2D eigenvalue weighted by atomic mass is 10.0. The molecule has 1 aromatic carbocycles. The number of nitrogens with one attached hydrogen (secondary N) is 2. The van der Waals surface area contributed by atoms with Gasteiger partial charge in [0.15, 0.2) is 5.96 Å². The summed E-state index contributed by atoms with van der Waals surface area (Å²) in [7, 11) is 0. The molecule has 2 aromatic rings. The number of aliphatic imine (C=N–C) groups is 1. The van der Waals surface area contributed by atoms with Gasteiger partial charge in [-0.3, -0.25) is 0 Å². The first-order valence-corrected chi connectivity index (χ1v) is 9.17. The molecule has 0 unspecified atom stereocenters. The van der Waals surface area contributed by atoms with Crippen molar-refractivity contribution in [2.45, 2.75) is 46.7 Å². The molecule has 6 nitrogen and oxygen atoms in total. The van der Waals surface area contributed by atoms with Crippen LogP contribution in [-0.2, 0) is 13.1 Å². The molecule has 0 aliphatic rings. The SMILES string of the molecule is CCNC(=NCc1cccc(Cn2cncn2)c1)NCC(CC)CC. The van der Waals surface area contributed by atoms with E-state index in [2.05, 4.69) is 65.8 Å². The zero-order valence-electron chi connectivity index (χ0n) is 15.6. The Balaban J connectivity index is 1.96. The summed E-state index contributed by atoms with van der Waals surface area (Å²) >= 11 is 0. The van der Waals surface area contributed by atoms with Crippen LogP contribution >= 0.6 is 0 Å². The maximum absolute atomic E-state index is 4.72. The van der Waals surface area contributed by atoms with Gasteiger partial charge in [-0.2, -0.15) is 5.10 Å². The first-order valence-electron chi connectivity index (χ1n) is 9.17. The van der Waals surface area contributed by atoms with Crippen LogP contribution in [0.4, 0.5) is 0 Å². The Kier molecular flexibility index (Phi) is 7.95. The second-order valence-electron chi connectivity index (χ2n) is 6.17. The van der Waals surface area contributed by atoms with Crippen LogP contribution in [0.2, 0.25) is 0 Å². The summed E-state index contributed by atoms with van der Waals surface area (Å²) in [6.45, 7) is 9.77. The summed E-state index contributed by atoms with van der Waals surface area (Å²) in [6.07, 6.45) is 5.67. The fourth-order valence-electron chi connectivity index (χ4n) is 2.66. The molecular formula is C19H30N6. The quantitative estimate of drug-likeness (QED) is 0.543. The van der Waals surface area contributed by atoms with Crippen LogP contribution < -0.4 is 10.6 Å². The second-order valence-corrected chi connectivity index (χ2v) is 6.17. The van der Waals surface area contributed by atoms with Gasteiger partial charge in [0.1, 0.15) is 12.7 Å². The van der Waals surface area contributed by atoms with Crippen molar-refractivity contribution in [2.75, 3.05) is 13.1 Å². The maximum atomic E-state index is 4.72. The zero-order valence-corrected chi connectivity index (χ0v) is 15.6. The summed E-state index contributed by atoms with van der Waals surface area (Å²) in [6, 6.07) is 8.46. The van der Waals surface area contributed by atoms with Gasteiger partial charge in [-0.15, -0.1) is 0 Å². The predicted molar refractivity (Wildman–Crippen MR) is 102 cm³/mol. The number of hydrogen-bond acceptors (Lipinski definition) is 3. The Morgan fingerprint density at radius 1 is 1.16 bits per heavy atom. The molecule has 0 fully saturated rings. The van der Waals surface area contributed by atoms with Crippen molar-refractivity contribution >= 4 is 5.96 Å². The first kappa shape index (κ1) is 19.0. The van der Waals surface area contributed by atoms with E-state index in [0.29, 0.717) is 12.5 Å². The van der Waals surface area contributed by atoms with Gasteiger partial charge in [-0.05, 0) is 24.0 Å². The molecule has 0 radical (unpaired) electrons. The van der Waals surface area contributed by atoms with Gasteiger partial charge in [0.2, 0.25) is 0 Å². The number of rotatable bonds is 9. The van der Waals surface area contributed by atoms with E-state index in [1.54, 1.807) is 12.7 Å². The summed E-state index contributed by atoms with van der Waals surface area (Å²) in [5, 5.41) is 10.9. The monoisotopic (exact) mass is 342 g/mol. The molecule has 0 bridgehead atoms. The normalized spacial score (nSPS) is 11.8. The van der Waals surface area contributed by atoms with E-state index in [0.717, 1.165) is 25.6 Å². The lowest BCUT2D eigenvalue weighted by Crippen LogP contribution is -2.39. The summed E-state index contributed by atoms with van der Waals surface area (Å²) in [4.78, 5) is 8.70. The van der Waals surface area contributed by atoms with Crippen LogP contribution in [0.25, 0.3) is 0 Å². The minimum atomic E-state index is 0.656. The molecule has 0 saturated carbocycles. The van der Waals surface area contributed by atoms with Crippen molar-refractivity contribution in [2.24, 2.45) is 10.9 Å². The van der Waals surface area contributed by atoms with Crippen molar-refractivity contribution in [3.63, 3.8) is 0 Å². The smallest absolute Gasteiger partial charge is 0.191 e. The number of hydrogen-bond donors (Lipinski definition) is 2. The van der Waals surface area contributed by atoms with Gasteiger partial charge in [0, 0.05) is 13.1 Å². The number of nitrogens with zero attached hydrogens (tertiary/aromatic N) is 4. The van der Waals surface area contributed by atoms with Crippen molar-refractivity contribution in [3.05, 3.63) is 48.0 Å². The minimum Gasteiger partial charge on any atom is -0.357 e. The molecule has 0 spiro atoms. The number of benzene rings is 1. The van der Waals surface area contributed by atoms with Crippen molar-refractivity contribution < 1.29 is 0 Å². The standard InChI is InChI=1S/C19H30N6/c1-4-16(5-2)11-22-19(21-6-3)23-12-17-8-7-9-18(10-17)13-25-15-20-14-24-25/h7-10,14-16H,4-6,11-13H2,1-3H3,(H2,21,22,23). The van der Waals surface area contributed by atoms with Crippen molar-refractivity contribution in [1.29, 1.82) is 0 Å². The first-order chi connectivity index (χ1) is 12.2. The van der Waals surface area contributed by atoms with Crippen LogP contribution in [0.1, 0.15) is 44.7 Å². The van der Waals surface area contributed by atoms with Gasteiger partial charge in [0.25, 0.3) is 0 Å². The van der Waals surface area contributed by atoms with E-state index in [1.807, 2.05) is 4.68 Å². The second kappa shape index (κ2) is 10.5. The molecule has 2 rings (SSSR count). The lowest BCUT2D eigenvalue weighted by molar-refractivity contribution is 0.481. The average Bonchev–Trinajstić information content (AvgIpc) is 3.13.